The van der Waals surface area contributed by atoms with Crippen molar-refractivity contribution in [1.82, 2.24) is 4.90 Å². The molecule has 0 saturated heterocycles. The van der Waals surface area contributed by atoms with E-state index in [-0.39, 0.29) is 6.61 Å². The number of para-hydroxylation sites is 1. The van der Waals surface area contributed by atoms with Gasteiger partial charge in [-0.05, 0) is 18.6 Å². The monoisotopic (exact) mass is 319 g/mol. The predicted molar refractivity (Wildman–Crippen MR) is 90.9 cm³/mol. The Hall–Kier alpha value is -3.13. The number of hydrogen-bond donors (Lipinski definition) is 0. The summed E-state index contributed by atoms with van der Waals surface area (Å²) in [4.78, 5) is 18.0. The second-order valence-electron chi connectivity index (χ2n) is 5.47. The van der Waals surface area contributed by atoms with Crippen LogP contribution >= 0.6 is 0 Å². The fourth-order valence-corrected chi connectivity index (χ4v) is 2.91. The van der Waals surface area contributed by atoms with E-state index in [0.29, 0.717) is 17.7 Å². The summed E-state index contributed by atoms with van der Waals surface area (Å²) in [5.41, 5.74) is 1.16. The maximum absolute atomic E-state index is 12.4. The highest BCUT2D eigenvalue weighted by Crippen LogP contribution is 2.40. The zero-order valence-corrected chi connectivity index (χ0v) is 13.3. The first-order valence-electron chi connectivity index (χ1n) is 7.76. The third-order valence-electron chi connectivity index (χ3n) is 4.03. The molecular formula is C19H17N3O2. The van der Waals surface area contributed by atoms with Gasteiger partial charge in [0.15, 0.2) is 5.54 Å². The van der Waals surface area contributed by atoms with Crippen molar-refractivity contribution < 1.29 is 9.53 Å². The molecule has 1 aliphatic rings. The highest BCUT2D eigenvalue weighted by Gasteiger charge is 2.45. The van der Waals surface area contributed by atoms with Gasteiger partial charge in [0.05, 0.1) is 18.4 Å². The third kappa shape index (κ3) is 2.63. The Morgan fingerprint density at radius 1 is 1.21 bits per heavy atom. The number of rotatable bonds is 3. The lowest BCUT2D eigenvalue weighted by Crippen LogP contribution is -2.51. The molecule has 3 rings (SSSR count). The minimum Gasteiger partial charge on any atom is -0.449 e. The maximum Gasteiger partial charge on any atom is 0.416 e. The van der Waals surface area contributed by atoms with Gasteiger partial charge in [-0.2, -0.15) is 5.26 Å². The Balaban J connectivity index is 2.13. The molecule has 5 nitrogen and oxygen atoms in total. The molecule has 5 heteroatoms. The number of nitrogens with zero attached hydrogens (tertiary/aromatic N) is 3. The summed E-state index contributed by atoms with van der Waals surface area (Å²) < 4.78 is 5.14. The fourth-order valence-electron chi connectivity index (χ4n) is 2.91. The molecule has 0 radical (unpaired) electrons. The summed E-state index contributed by atoms with van der Waals surface area (Å²) in [7, 11) is 0. The number of aliphatic imine (C=N–C) groups is 1. The van der Waals surface area contributed by atoms with Crippen LogP contribution in [0, 0.1) is 11.3 Å². The van der Waals surface area contributed by atoms with E-state index in [1.807, 2.05) is 54.6 Å². The zero-order valence-electron chi connectivity index (χ0n) is 13.3. The van der Waals surface area contributed by atoms with E-state index in [1.54, 1.807) is 6.92 Å². The number of hydrogen-bond acceptors (Lipinski definition) is 4. The van der Waals surface area contributed by atoms with Crippen molar-refractivity contribution >= 4 is 18.1 Å². The van der Waals surface area contributed by atoms with E-state index < -0.39 is 11.6 Å². The number of carbonyl (C=O) groups is 1. The Bertz CT molecular complexity index is 811. The number of carbonyl (C=O) groups excluding carboxylic acids is 1. The molecule has 0 fully saturated rings. The summed E-state index contributed by atoms with van der Waals surface area (Å²) >= 11 is 0. The van der Waals surface area contributed by atoms with Crippen LogP contribution in [0.4, 0.5) is 10.5 Å². The van der Waals surface area contributed by atoms with Crippen molar-refractivity contribution in [2.24, 2.45) is 4.99 Å². The molecule has 1 unspecified atom stereocenters. The van der Waals surface area contributed by atoms with Gasteiger partial charge in [0.1, 0.15) is 6.34 Å². The molecular weight excluding hydrogens is 302 g/mol. The third-order valence-corrected chi connectivity index (χ3v) is 4.03. The van der Waals surface area contributed by atoms with E-state index in [2.05, 4.69) is 11.1 Å². The zero-order chi connectivity index (χ0) is 17.0. The van der Waals surface area contributed by atoms with Crippen molar-refractivity contribution in [2.75, 3.05) is 6.61 Å². The van der Waals surface area contributed by atoms with Crippen LogP contribution in [0.15, 0.2) is 59.6 Å². The maximum atomic E-state index is 12.4. The molecule has 1 amide bonds. The van der Waals surface area contributed by atoms with Gasteiger partial charge in [0.25, 0.3) is 0 Å². The summed E-state index contributed by atoms with van der Waals surface area (Å²) in [6.45, 7) is 1.97. The molecule has 0 saturated carbocycles. The highest BCUT2D eigenvalue weighted by molar-refractivity contribution is 5.88. The number of nitriles is 1. The molecule has 2 aromatic carbocycles. The lowest BCUT2D eigenvalue weighted by Gasteiger charge is -2.38. The van der Waals surface area contributed by atoms with Gasteiger partial charge in [-0.1, -0.05) is 48.5 Å². The first-order valence-corrected chi connectivity index (χ1v) is 7.76. The second kappa shape index (κ2) is 6.55. The summed E-state index contributed by atoms with van der Waals surface area (Å²) in [6.07, 6.45) is 1.17. The Morgan fingerprint density at radius 3 is 2.62 bits per heavy atom. The van der Waals surface area contributed by atoms with Crippen LogP contribution in [0.3, 0.4) is 0 Å². The number of benzene rings is 2. The summed E-state index contributed by atoms with van der Waals surface area (Å²) in [5.74, 6) is 0. The molecule has 1 aliphatic heterocycles. The van der Waals surface area contributed by atoms with Crippen molar-refractivity contribution in [3.05, 3.63) is 65.7 Å². The van der Waals surface area contributed by atoms with Crippen LogP contribution in [0.25, 0.3) is 0 Å². The number of fused-ring (bicyclic) bond motifs is 1. The average Bonchev–Trinajstić information content (AvgIpc) is 2.63. The Labute approximate surface area is 140 Å². The lowest BCUT2D eigenvalue weighted by atomic mass is 9.82. The number of ether oxygens (including phenoxy) is 1. The van der Waals surface area contributed by atoms with E-state index in [4.69, 9.17) is 4.74 Å². The first-order chi connectivity index (χ1) is 11.7. The summed E-state index contributed by atoms with van der Waals surface area (Å²) in [6, 6.07) is 19.4. The molecule has 0 spiro atoms. The van der Waals surface area contributed by atoms with Crippen molar-refractivity contribution in [3.63, 3.8) is 0 Å². The lowest BCUT2D eigenvalue weighted by molar-refractivity contribution is 0.105. The van der Waals surface area contributed by atoms with E-state index >= 15 is 0 Å². The molecule has 0 aliphatic carbocycles. The largest absolute Gasteiger partial charge is 0.449 e. The number of amides is 1. The fraction of sp³-hybridized carbons (Fsp3) is 0.211. The average molecular weight is 319 g/mol. The van der Waals surface area contributed by atoms with E-state index in [9.17, 15) is 10.1 Å². The van der Waals surface area contributed by atoms with Crippen LogP contribution in [0.5, 0.6) is 0 Å². The molecule has 0 aromatic heterocycles. The van der Waals surface area contributed by atoms with Crippen molar-refractivity contribution in [2.45, 2.75) is 18.9 Å². The topological polar surface area (TPSA) is 65.7 Å². The van der Waals surface area contributed by atoms with Gasteiger partial charge in [0.2, 0.25) is 0 Å². The van der Waals surface area contributed by atoms with Gasteiger partial charge in [-0.25, -0.2) is 14.7 Å². The van der Waals surface area contributed by atoms with E-state index in [0.717, 1.165) is 5.56 Å². The Kier molecular flexibility index (Phi) is 4.30. The molecule has 2 aromatic rings. The molecule has 1 heterocycles. The highest BCUT2D eigenvalue weighted by atomic mass is 16.6. The second-order valence-corrected chi connectivity index (χ2v) is 5.47. The van der Waals surface area contributed by atoms with Gasteiger partial charge in [-0.15, -0.1) is 0 Å². The first kappa shape index (κ1) is 15.8. The van der Waals surface area contributed by atoms with Crippen molar-refractivity contribution in [3.8, 4) is 6.07 Å². The molecule has 120 valence electrons. The molecule has 1 atom stereocenters. The smallest absolute Gasteiger partial charge is 0.416 e. The van der Waals surface area contributed by atoms with Crippen LogP contribution in [0.1, 0.15) is 18.1 Å². The molecule has 0 N–H and O–H groups in total. The van der Waals surface area contributed by atoms with Crippen LogP contribution in [-0.2, 0) is 16.7 Å². The summed E-state index contributed by atoms with van der Waals surface area (Å²) in [5, 5.41) is 10.1. The van der Waals surface area contributed by atoms with Gasteiger partial charge < -0.3 is 4.74 Å². The minimum atomic E-state index is -1.19. The van der Waals surface area contributed by atoms with Gasteiger partial charge >= 0.3 is 6.09 Å². The van der Waals surface area contributed by atoms with Crippen molar-refractivity contribution in [1.29, 1.82) is 5.26 Å². The SMILES string of the molecule is CCOC(=O)N1C=Nc2ccccc2C1(C#N)Cc1ccccc1. The Morgan fingerprint density at radius 2 is 1.92 bits per heavy atom. The van der Waals surface area contributed by atoms with Gasteiger partial charge in [-0.3, -0.25) is 0 Å². The quantitative estimate of drug-likeness (QED) is 0.864. The van der Waals surface area contributed by atoms with Crippen LogP contribution < -0.4 is 0 Å². The molecule has 24 heavy (non-hydrogen) atoms. The normalized spacial score (nSPS) is 18.6. The standard InChI is InChI=1S/C19H17N3O2/c1-2-24-18(23)22-14-21-17-11-7-6-10-16(17)19(22,13-20)12-15-8-4-3-5-9-15/h3-11,14H,2,12H2,1H3. The van der Waals surface area contributed by atoms with Gasteiger partial charge in [0, 0.05) is 12.0 Å². The predicted octanol–water partition coefficient (Wildman–Crippen LogP) is 3.78. The van der Waals surface area contributed by atoms with E-state index in [1.165, 1.54) is 11.2 Å². The van der Waals surface area contributed by atoms with Crippen LogP contribution in [0.2, 0.25) is 0 Å². The molecule has 0 bridgehead atoms. The minimum absolute atomic E-state index is 0.234. The van der Waals surface area contributed by atoms with Crippen LogP contribution in [-0.4, -0.2) is 23.9 Å².